The summed E-state index contributed by atoms with van der Waals surface area (Å²) in [6.45, 7) is 0.657. The first-order valence-corrected chi connectivity index (χ1v) is 6.87. The second-order valence-corrected chi connectivity index (χ2v) is 5.23. The van der Waals surface area contributed by atoms with E-state index >= 15 is 0 Å². The van der Waals surface area contributed by atoms with E-state index in [2.05, 4.69) is 24.3 Å². The molecule has 0 unspecified atom stereocenters. The Morgan fingerprint density at radius 2 is 1.67 bits per heavy atom. The van der Waals surface area contributed by atoms with E-state index in [-0.39, 0.29) is 5.82 Å². The third-order valence-corrected chi connectivity index (χ3v) is 3.99. The van der Waals surface area contributed by atoms with Gasteiger partial charge in [0, 0.05) is 11.3 Å². The Morgan fingerprint density at radius 1 is 0.905 bits per heavy atom. The van der Waals surface area contributed by atoms with E-state index in [4.69, 9.17) is 5.41 Å². The quantitative estimate of drug-likeness (QED) is 0.704. The lowest BCUT2D eigenvalue weighted by Gasteiger charge is -2.18. The molecule has 0 saturated carbocycles. The van der Waals surface area contributed by atoms with E-state index in [0.29, 0.717) is 12.4 Å². The summed E-state index contributed by atoms with van der Waals surface area (Å²) in [6.07, 6.45) is 0. The maximum absolute atomic E-state index is 13.1. The van der Waals surface area contributed by atoms with Crippen LogP contribution in [0.4, 0.5) is 10.1 Å². The van der Waals surface area contributed by atoms with Gasteiger partial charge in [0.15, 0.2) is 0 Å². The predicted molar refractivity (Wildman–Crippen MR) is 83.4 cm³/mol. The van der Waals surface area contributed by atoms with E-state index in [1.807, 2.05) is 17.0 Å². The normalized spacial score (nSPS) is 13.8. The summed E-state index contributed by atoms with van der Waals surface area (Å²) in [5.74, 6) is 0.223. The van der Waals surface area contributed by atoms with E-state index in [0.717, 1.165) is 27.6 Å². The number of nitrogens with zero attached hydrogens (tertiary/aromatic N) is 1. The number of hydrogen-bond donors (Lipinski definition) is 1. The van der Waals surface area contributed by atoms with Gasteiger partial charge in [-0.15, -0.1) is 0 Å². The Balaban J connectivity index is 1.85. The van der Waals surface area contributed by atoms with Crippen LogP contribution in [0.2, 0.25) is 0 Å². The summed E-state index contributed by atoms with van der Waals surface area (Å²) in [5.41, 5.74) is 2.97. The fourth-order valence-corrected chi connectivity index (χ4v) is 2.95. The minimum Gasteiger partial charge on any atom is -0.322 e. The van der Waals surface area contributed by atoms with Crippen LogP contribution in [0.5, 0.6) is 0 Å². The van der Waals surface area contributed by atoms with Crippen molar-refractivity contribution in [3.05, 3.63) is 77.6 Å². The molecular formula is C18H13FN2. The summed E-state index contributed by atoms with van der Waals surface area (Å²) in [7, 11) is 0. The molecule has 0 spiro atoms. The molecule has 2 nitrogen and oxygen atoms in total. The van der Waals surface area contributed by atoms with Crippen molar-refractivity contribution in [2.75, 3.05) is 4.90 Å². The number of rotatable bonds is 1. The van der Waals surface area contributed by atoms with Crippen molar-refractivity contribution in [2.24, 2.45) is 0 Å². The van der Waals surface area contributed by atoms with Crippen LogP contribution in [0.25, 0.3) is 10.8 Å². The van der Waals surface area contributed by atoms with Gasteiger partial charge in [-0.05, 0) is 40.6 Å². The molecule has 0 saturated heterocycles. The molecule has 1 N–H and O–H groups in total. The minimum atomic E-state index is -0.257. The molecule has 0 atom stereocenters. The second-order valence-electron chi connectivity index (χ2n) is 5.23. The standard InChI is InChI=1S/C18H13FN2/c19-14-7-9-15(10-8-14)21-11-13-6-5-12-3-1-2-4-16(12)17(13)18(21)20/h1-10,20H,11H2. The highest BCUT2D eigenvalue weighted by atomic mass is 19.1. The summed E-state index contributed by atoms with van der Waals surface area (Å²) >= 11 is 0. The molecule has 21 heavy (non-hydrogen) atoms. The highest BCUT2D eigenvalue weighted by Gasteiger charge is 2.26. The van der Waals surface area contributed by atoms with E-state index in [1.54, 1.807) is 12.1 Å². The summed E-state index contributed by atoms with van der Waals surface area (Å²) < 4.78 is 13.1. The van der Waals surface area contributed by atoms with Crippen molar-refractivity contribution in [2.45, 2.75) is 6.54 Å². The fraction of sp³-hybridized carbons (Fsp3) is 0.0556. The van der Waals surface area contributed by atoms with E-state index in [9.17, 15) is 4.39 Å². The zero-order valence-corrected chi connectivity index (χ0v) is 11.3. The molecule has 0 fully saturated rings. The van der Waals surface area contributed by atoms with Gasteiger partial charge in [0.1, 0.15) is 11.7 Å². The molecule has 4 rings (SSSR count). The van der Waals surface area contributed by atoms with Gasteiger partial charge in [0.05, 0.1) is 6.54 Å². The lowest BCUT2D eigenvalue weighted by Crippen LogP contribution is -2.23. The molecule has 1 aliphatic heterocycles. The van der Waals surface area contributed by atoms with Crippen molar-refractivity contribution in [1.82, 2.24) is 0 Å². The first-order valence-electron chi connectivity index (χ1n) is 6.87. The van der Waals surface area contributed by atoms with Crippen molar-refractivity contribution in [3.8, 4) is 0 Å². The molecule has 1 heterocycles. The number of benzene rings is 3. The first-order chi connectivity index (χ1) is 10.2. The Hall–Kier alpha value is -2.68. The van der Waals surface area contributed by atoms with Crippen molar-refractivity contribution in [1.29, 1.82) is 5.41 Å². The molecule has 0 radical (unpaired) electrons. The predicted octanol–water partition coefficient (Wildman–Crippen LogP) is 4.32. The monoisotopic (exact) mass is 276 g/mol. The van der Waals surface area contributed by atoms with Crippen molar-refractivity contribution >= 4 is 22.3 Å². The number of anilines is 1. The van der Waals surface area contributed by atoms with Crippen LogP contribution in [-0.4, -0.2) is 5.84 Å². The van der Waals surface area contributed by atoms with Gasteiger partial charge in [-0.1, -0.05) is 36.4 Å². The lowest BCUT2D eigenvalue weighted by atomic mass is 10.0. The zero-order chi connectivity index (χ0) is 14.4. The molecule has 1 aliphatic rings. The number of fused-ring (bicyclic) bond motifs is 3. The van der Waals surface area contributed by atoms with Gasteiger partial charge in [-0.3, -0.25) is 5.41 Å². The zero-order valence-electron chi connectivity index (χ0n) is 11.3. The highest BCUT2D eigenvalue weighted by molar-refractivity contribution is 6.18. The Labute approximate surface area is 122 Å². The molecule has 0 amide bonds. The Kier molecular flexibility index (Phi) is 2.54. The van der Waals surface area contributed by atoms with Crippen LogP contribution >= 0.6 is 0 Å². The molecule has 3 aromatic carbocycles. The van der Waals surface area contributed by atoms with E-state index < -0.39 is 0 Å². The number of hydrogen-bond acceptors (Lipinski definition) is 1. The largest absolute Gasteiger partial charge is 0.322 e. The van der Waals surface area contributed by atoms with Crippen molar-refractivity contribution in [3.63, 3.8) is 0 Å². The van der Waals surface area contributed by atoms with Crippen LogP contribution in [0.15, 0.2) is 60.7 Å². The molecule has 102 valence electrons. The van der Waals surface area contributed by atoms with Crippen LogP contribution < -0.4 is 4.90 Å². The van der Waals surface area contributed by atoms with Crippen LogP contribution in [0, 0.1) is 11.2 Å². The van der Waals surface area contributed by atoms with Gasteiger partial charge in [-0.25, -0.2) is 4.39 Å². The third-order valence-electron chi connectivity index (χ3n) is 3.99. The van der Waals surface area contributed by atoms with Crippen LogP contribution in [0.3, 0.4) is 0 Å². The molecule has 0 bridgehead atoms. The lowest BCUT2D eigenvalue weighted by molar-refractivity contribution is 0.628. The molecule has 3 heteroatoms. The third kappa shape index (κ3) is 1.82. The van der Waals surface area contributed by atoms with Gasteiger partial charge >= 0.3 is 0 Å². The Morgan fingerprint density at radius 3 is 2.48 bits per heavy atom. The fourth-order valence-electron chi connectivity index (χ4n) is 2.95. The van der Waals surface area contributed by atoms with Gasteiger partial charge in [0.25, 0.3) is 0 Å². The minimum absolute atomic E-state index is 0.257. The van der Waals surface area contributed by atoms with Crippen molar-refractivity contribution < 1.29 is 4.39 Å². The highest BCUT2D eigenvalue weighted by Crippen LogP contribution is 2.33. The number of halogens is 1. The van der Waals surface area contributed by atoms with Crippen LogP contribution in [0.1, 0.15) is 11.1 Å². The molecule has 3 aromatic rings. The summed E-state index contributed by atoms with van der Waals surface area (Å²) in [6, 6.07) is 18.6. The molecule has 0 aromatic heterocycles. The molecular weight excluding hydrogens is 263 g/mol. The second kappa shape index (κ2) is 4.42. The summed E-state index contributed by atoms with van der Waals surface area (Å²) in [5, 5.41) is 10.7. The van der Waals surface area contributed by atoms with Crippen LogP contribution in [-0.2, 0) is 6.54 Å². The molecule has 0 aliphatic carbocycles. The average molecular weight is 276 g/mol. The maximum atomic E-state index is 13.1. The number of nitrogens with one attached hydrogen (secondary N) is 1. The van der Waals surface area contributed by atoms with Gasteiger partial charge in [0.2, 0.25) is 0 Å². The summed E-state index contributed by atoms with van der Waals surface area (Å²) in [4.78, 5) is 1.91. The Bertz CT molecular complexity index is 853. The average Bonchev–Trinajstić information content (AvgIpc) is 2.86. The van der Waals surface area contributed by atoms with E-state index in [1.165, 1.54) is 12.1 Å². The van der Waals surface area contributed by atoms with Gasteiger partial charge in [-0.2, -0.15) is 0 Å². The maximum Gasteiger partial charge on any atom is 0.133 e. The smallest absolute Gasteiger partial charge is 0.133 e. The topological polar surface area (TPSA) is 27.1 Å². The van der Waals surface area contributed by atoms with Gasteiger partial charge < -0.3 is 4.90 Å². The first kappa shape index (κ1) is 12.1. The SMILES string of the molecule is N=C1c2c(ccc3ccccc23)CN1c1ccc(F)cc1. The number of amidine groups is 1.